The van der Waals surface area contributed by atoms with Crippen molar-refractivity contribution in [1.29, 1.82) is 0 Å². The van der Waals surface area contributed by atoms with E-state index in [-0.39, 0.29) is 14.0 Å². The predicted octanol–water partition coefficient (Wildman–Crippen LogP) is -1.15. The van der Waals surface area contributed by atoms with E-state index in [2.05, 4.69) is 6.58 Å². The Hall–Kier alpha value is -0.830. The number of hydrogen-bond donors (Lipinski definition) is 1. The Labute approximate surface area is 80.0 Å². The summed E-state index contributed by atoms with van der Waals surface area (Å²) < 4.78 is 0. The molecule has 76 valence electrons. The molecule has 3 nitrogen and oxygen atoms in total. The van der Waals surface area contributed by atoms with Gasteiger partial charge < -0.3 is 14.8 Å². The number of carbonyl (C=O) groups excluding carboxylic acids is 1. The highest BCUT2D eigenvalue weighted by atomic mass is 16.4. The maximum atomic E-state index is 10.3. The maximum absolute atomic E-state index is 10.3. The summed E-state index contributed by atoms with van der Waals surface area (Å²) in [5.41, 5.74) is 0. The molecule has 0 aliphatic carbocycles. The molecule has 1 aliphatic heterocycles. The number of nitrogens with one attached hydrogen (secondary N) is 1. The number of allylic oxidation sites excluding steroid dienone is 1. The quantitative estimate of drug-likeness (QED) is 0.565. The Bertz CT molecular complexity index is 172. The minimum Gasteiger partial charge on any atom is -0.544 e. The molecule has 1 fully saturated rings. The molecule has 1 rings (SSSR count). The van der Waals surface area contributed by atoms with Gasteiger partial charge in [0.1, 0.15) is 6.54 Å². The fourth-order valence-electron chi connectivity index (χ4n) is 1.66. The van der Waals surface area contributed by atoms with Crippen LogP contribution in [0.4, 0.5) is 0 Å². The van der Waals surface area contributed by atoms with E-state index in [1.807, 2.05) is 6.08 Å². The molecule has 13 heavy (non-hydrogen) atoms. The normalized spacial score (nSPS) is 27.4. The van der Waals surface area contributed by atoms with E-state index in [1.165, 1.54) is 0 Å². The molecule has 0 amide bonds. The highest BCUT2D eigenvalue weighted by Crippen LogP contribution is 2.09. The first-order valence-corrected chi connectivity index (χ1v) is 4.38. The standard InChI is InChI=1S/C9H15NO2.CH4/c1-2-8-3-5-10(6-4-8)7-9(11)12;/h2,8H,1,3-7H2,(H,11,12);1H4. The number of rotatable bonds is 3. The first-order chi connectivity index (χ1) is 5.72. The van der Waals surface area contributed by atoms with Crippen molar-refractivity contribution in [2.75, 3.05) is 19.6 Å². The number of aliphatic carboxylic acids is 1. The van der Waals surface area contributed by atoms with E-state index < -0.39 is 5.97 Å². The lowest BCUT2D eigenvalue weighted by Gasteiger charge is -2.27. The molecule has 0 unspecified atom stereocenters. The lowest BCUT2D eigenvalue weighted by atomic mass is 9.97. The van der Waals surface area contributed by atoms with Crippen LogP contribution >= 0.6 is 0 Å². The van der Waals surface area contributed by atoms with Crippen LogP contribution in [-0.2, 0) is 4.79 Å². The summed E-state index contributed by atoms with van der Waals surface area (Å²) in [4.78, 5) is 11.4. The van der Waals surface area contributed by atoms with E-state index in [0.29, 0.717) is 5.92 Å². The minimum atomic E-state index is -0.943. The van der Waals surface area contributed by atoms with Crippen LogP contribution in [0.1, 0.15) is 20.3 Å². The largest absolute Gasteiger partial charge is 0.544 e. The Kier molecular flexibility index (Phi) is 5.39. The molecular formula is C10H19NO2. The number of carbonyl (C=O) groups is 1. The van der Waals surface area contributed by atoms with Gasteiger partial charge in [-0.3, -0.25) is 0 Å². The lowest BCUT2D eigenvalue weighted by molar-refractivity contribution is -0.900. The summed E-state index contributed by atoms with van der Waals surface area (Å²) >= 11 is 0. The van der Waals surface area contributed by atoms with Gasteiger partial charge in [0.25, 0.3) is 0 Å². The Morgan fingerprint density at radius 2 is 2.08 bits per heavy atom. The molecule has 0 aromatic carbocycles. The van der Waals surface area contributed by atoms with E-state index in [1.54, 1.807) is 0 Å². The topological polar surface area (TPSA) is 44.6 Å². The van der Waals surface area contributed by atoms with Crippen LogP contribution in [0.2, 0.25) is 0 Å². The van der Waals surface area contributed by atoms with Gasteiger partial charge in [-0.25, -0.2) is 0 Å². The second-order valence-electron chi connectivity index (χ2n) is 3.37. The van der Waals surface area contributed by atoms with E-state index >= 15 is 0 Å². The monoisotopic (exact) mass is 185 g/mol. The predicted molar refractivity (Wildman–Crippen MR) is 50.2 cm³/mol. The molecule has 0 aromatic heterocycles. The zero-order valence-electron chi connectivity index (χ0n) is 7.21. The molecule has 3 heteroatoms. The van der Waals surface area contributed by atoms with Crippen LogP contribution in [0.25, 0.3) is 0 Å². The third kappa shape index (κ3) is 4.08. The van der Waals surface area contributed by atoms with Crippen LogP contribution in [0.3, 0.4) is 0 Å². The molecule has 1 aliphatic rings. The number of quaternary nitrogens is 1. The first-order valence-electron chi connectivity index (χ1n) is 4.38. The molecule has 0 bridgehead atoms. The molecule has 1 N–H and O–H groups in total. The molecule has 1 heterocycles. The third-order valence-electron chi connectivity index (χ3n) is 2.47. The number of hydrogen-bond acceptors (Lipinski definition) is 2. The van der Waals surface area contributed by atoms with Crippen molar-refractivity contribution in [3.05, 3.63) is 12.7 Å². The van der Waals surface area contributed by atoms with Crippen molar-refractivity contribution in [3.63, 3.8) is 0 Å². The van der Waals surface area contributed by atoms with Crippen molar-refractivity contribution >= 4 is 5.97 Å². The molecule has 0 aromatic rings. The minimum absolute atomic E-state index is 0. The van der Waals surface area contributed by atoms with Crippen LogP contribution in [0, 0.1) is 5.92 Å². The van der Waals surface area contributed by atoms with Crippen LogP contribution < -0.4 is 10.0 Å². The average molecular weight is 185 g/mol. The highest BCUT2D eigenvalue weighted by Gasteiger charge is 2.19. The van der Waals surface area contributed by atoms with E-state index in [9.17, 15) is 9.90 Å². The summed E-state index contributed by atoms with van der Waals surface area (Å²) in [6.45, 7) is 5.76. The van der Waals surface area contributed by atoms with Crippen molar-refractivity contribution < 1.29 is 14.8 Å². The number of carboxylic acid groups (broad SMARTS) is 1. The Morgan fingerprint density at radius 1 is 1.54 bits per heavy atom. The van der Waals surface area contributed by atoms with E-state index in [4.69, 9.17) is 0 Å². The molecule has 1 saturated heterocycles. The Morgan fingerprint density at radius 3 is 2.46 bits per heavy atom. The summed E-state index contributed by atoms with van der Waals surface area (Å²) in [5.74, 6) is -0.349. The summed E-state index contributed by atoms with van der Waals surface area (Å²) in [7, 11) is 0. The second-order valence-corrected chi connectivity index (χ2v) is 3.37. The fourth-order valence-corrected chi connectivity index (χ4v) is 1.66. The van der Waals surface area contributed by atoms with Gasteiger partial charge in [0, 0.05) is 12.8 Å². The molecule has 0 spiro atoms. The summed E-state index contributed by atoms with van der Waals surface area (Å²) in [6.07, 6.45) is 4.09. The molecular weight excluding hydrogens is 166 g/mol. The zero-order valence-corrected chi connectivity index (χ0v) is 7.21. The SMILES string of the molecule is C.C=CC1CC[NH+](CC(=O)[O-])CC1. The van der Waals surface area contributed by atoms with Gasteiger partial charge in [0.05, 0.1) is 19.1 Å². The van der Waals surface area contributed by atoms with Crippen molar-refractivity contribution in [1.82, 2.24) is 0 Å². The second kappa shape index (κ2) is 5.75. The maximum Gasteiger partial charge on any atom is 0.117 e. The van der Waals surface area contributed by atoms with Gasteiger partial charge >= 0.3 is 0 Å². The van der Waals surface area contributed by atoms with Gasteiger partial charge in [-0.05, 0) is 5.92 Å². The van der Waals surface area contributed by atoms with Crippen LogP contribution in [-0.4, -0.2) is 25.6 Å². The van der Waals surface area contributed by atoms with Gasteiger partial charge in [-0.2, -0.15) is 0 Å². The molecule has 0 radical (unpaired) electrons. The van der Waals surface area contributed by atoms with Gasteiger partial charge in [-0.1, -0.05) is 13.5 Å². The average Bonchev–Trinajstić information content (AvgIpc) is 2.05. The van der Waals surface area contributed by atoms with Gasteiger partial charge in [0.15, 0.2) is 0 Å². The number of piperidine rings is 1. The van der Waals surface area contributed by atoms with Crippen molar-refractivity contribution in [2.24, 2.45) is 5.92 Å². The molecule has 0 atom stereocenters. The Balaban J connectivity index is 0.00000144. The van der Waals surface area contributed by atoms with Crippen molar-refractivity contribution in [2.45, 2.75) is 20.3 Å². The van der Waals surface area contributed by atoms with Crippen molar-refractivity contribution in [3.8, 4) is 0 Å². The van der Waals surface area contributed by atoms with E-state index in [0.717, 1.165) is 30.8 Å². The number of carboxylic acids is 1. The van der Waals surface area contributed by atoms with Gasteiger partial charge in [-0.15, -0.1) is 6.58 Å². The third-order valence-corrected chi connectivity index (χ3v) is 2.47. The van der Waals surface area contributed by atoms with Gasteiger partial charge in [0.2, 0.25) is 0 Å². The van der Waals surface area contributed by atoms with Crippen LogP contribution in [0.5, 0.6) is 0 Å². The smallest absolute Gasteiger partial charge is 0.117 e. The lowest BCUT2D eigenvalue weighted by Crippen LogP contribution is -3.14. The van der Waals surface area contributed by atoms with Crippen LogP contribution in [0.15, 0.2) is 12.7 Å². The number of likely N-dealkylation sites (tertiary alicyclic amines) is 1. The summed E-state index contributed by atoms with van der Waals surface area (Å²) in [6, 6.07) is 0. The summed E-state index contributed by atoms with van der Waals surface area (Å²) in [5, 5.41) is 10.3. The first kappa shape index (κ1) is 12.2. The zero-order chi connectivity index (χ0) is 8.97. The highest BCUT2D eigenvalue weighted by molar-refractivity contribution is 5.65. The molecule has 0 saturated carbocycles. The fraction of sp³-hybridized carbons (Fsp3) is 0.700.